The highest BCUT2D eigenvalue weighted by Crippen LogP contribution is 2.26. The maximum atomic E-state index is 12.9. The van der Waals surface area contributed by atoms with Gasteiger partial charge in [0.05, 0.1) is 5.69 Å². The van der Waals surface area contributed by atoms with Gasteiger partial charge in [0.1, 0.15) is 0 Å². The van der Waals surface area contributed by atoms with Gasteiger partial charge in [-0.05, 0) is 57.7 Å². The zero-order valence-electron chi connectivity index (χ0n) is 17.6. The lowest BCUT2D eigenvalue weighted by Gasteiger charge is -2.37. The van der Waals surface area contributed by atoms with E-state index in [1.165, 1.54) is 0 Å². The third kappa shape index (κ3) is 4.15. The van der Waals surface area contributed by atoms with Crippen molar-refractivity contribution in [2.75, 3.05) is 31.1 Å². The molecule has 2 aliphatic heterocycles. The number of piperidine rings is 2. The summed E-state index contributed by atoms with van der Waals surface area (Å²) in [7, 11) is 0. The second-order valence-electron chi connectivity index (χ2n) is 8.35. The number of aromatic nitrogens is 4. The summed E-state index contributed by atoms with van der Waals surface area (Å²) in [5, 5.41) is 13.2. The first-order chi connectivity index (χ1) is 14.4. The predicted octanol–water partition coefficient (Wildman–Crippen LogP) is 1.22. The molecule has 0 spiro atoms. The summed E-state index contributed by atoms with van der Waals surface area (Å²) in [5.41, 5.74) is 7.36. The van der Waals surface area contributed by atoms with E-state index in [0.29, 0.717) is 31.7 Å². The van der Waals surface area contributed by atoms with Crippen molar-refractivity contribution < 1.29 is 9.59 Å². The van der Waals surface area contributed by atoms with Crippen LogP contribution in [0.25, 0.3) is 5.82 Å². The molecule has 0 unspecified atom stereocenters. The largest absolute Gasteiger partial charge is 0.369 e. The van der Waals surface area contributed by atoms with Gasteiger partial charge < -0.3 is 15.5 Å². The van der Waals surface area contributed by atoms with E-state index >= 15 is 0 Å². The fourth-order valence-corrected chi connectivity index (χ4v) is 4.46. The third-order valence-electron chi connectivity index (χ3n) is 6.24. The minimum Gasteiger partial charge on any atom is -0.369 e. The molecule has 2 aromatic heterocycles. The van der Waals surface area contributed by atoms with Gasteiger partial charge in [-0.2, -0.15) is 5.10 Å². The van der Waals surface area contributed by atoms with E-state index in [1.807, 2.05) is 36.9 Å². The van der Waals surface area contributed by atoms with E-state index in [1.54, 1.807) is 4.68 Å². The minimum atomic E-state index is -0.250. The van der Waals surface area contributed by atoms with Crippen LogP contribution in [0.2, 0.25) is 0 Å². The van der Waals surface area contributed by atoms with Crippen molar-refractivity contribution >= 4 is 17.6 Å². The van der Waals surface area contributed by atoms with Gasteiger partial charge in [0.2, 0.25) is 11.8 Å². The summed E-state index contributed by atoms with van der Waals surface area (Å²) in [6.45, 7) is 6.77. The number of primary amides is 1. The highest BCUT2D eigenvalue weighted by atomic mass is 16.2. The van der Waals surface area contributed by atoms with Crippen LogP contribution in [0.15, 0.2) is 18.2 Å². The van der Waals surface area contributed by atoms with Crippen molar-refractivity contribution in [2.45, 2.75) is 39.5 Å². The summed E-state index contributed by atoms with van der Waals surface area (Å²) in [6.07, 6.45) is 2.96. The molecule has 4 rings (SSSR count). The van der Waals surface area contributed by atoms with Crippen LogP contribution in [0.5, 0.6) is 0 Å². The quantitative estimate of drug-likeness (QED) is 0.810. The number of hydrogen-bond donors (Lipinski definition) is 1. The topological polar surface area (TPSA) is 110 Å². The first-order valence-electron chi connectivity index (χ1n) is 10.6. The summed E-state index contributed by atoms with van der Waals surface area (Å²) in [4.78, 5) is 28.3. The molecule has 0 bridgehead atoms. The molecule has 2 saturated heterocycles. The third-order valence-corrected chi connectivity index (χ3v) is 6.24. The lowest BCUT2D eigenvalue weighted by Crippen LogP contribution is -2.47. The zero-order valence-corrected chi connectivity index (χ0v) is 17.6. The molecule has 0 aromatic carbocycles. The van der Waals surface area contributed by atoms with Crippen molar-refractivity contribution in [3.05, 3.63) is 29.6 Å². The molecular weight excluding hydrogens is 382 g/mol. The Kier molecular flexibility index (Phi) is 5.69. The number of nitrogens with two attached hydrogens (primary N) is 1. The maximum Gasteiger partial charge on any atom is 0.225 e. The number of likely N-dealkylation sites (tertiary alicyclic amines) is 1. The smallest absolute Gasteiger partial charge is 0.225 e. The van der Waals surface area contributed by atoms with Crippen LogP contribution in [0.3, 0.4) is 0 Å². The van der Waals surface area contributed by atoms with Crippen LogP contribution in [-0.2, 0) is 9.59 Å². The van der Waals surface area contributed by atoms with Crippen LogP contribution in [0, 0.1) is 25.7 Å². The predicted molar refractivity (Wildman–Crippen MR) is 112 cm³/mol. The van der Waals surface area contributed by atoms with Crippen molar-refractivity contribution in [2.24, 2.45) is 17.6 Å². The molecule has 30 heavy (non-hydrogen) atoms. The molecular formula is C21H29N7O2. The Bertz CT molecular complexity index is 908. The molecule has 0 saturated carbocycles. The van der Waals surface area contributed by atoms with Gasteiger partial charge in [-0.1, -0.05) is 0 Å². The number of carbonyl (C=O) groups excluding carboxylic acids is 2. The van der Waals surface area contributed by atoms with Crippen molar-refractivity contribution in [1.82, 2.24) is 24.9 Å². The lowest BCUT2D eigenvalue weighted by molar-refractivity contribution is -0.139. The SMILES string of the molecule is Cc1cc(C)n(-c2ccc(N3CCC(C(=O)N4CCC(C(N)=O)CC4)CC3)nn2)n1. The van der Waals surface area contributed by atoms with E-state index in [9.17, 15) is 9.59 Å². The standard InChI is InChI=1S/C21H29N7O2/c1-14-13-15(2)28(25-14)19-4-3-18(23-24-19)26-9-7-17(8-10-26)21(30)27-11-5-16(6-12-27)20(22)29/h3-4,13,16-17H,5-12H2,1-2H3,(H2,22,29). The Morgan fingerprint density at radius 1 is 0.933 bits per heavy atom. The van der Waals surface area contributed by atoms with Gasteiger partial charge in [0.25, 0.3) is 0 Å². The number of carbonyl (C=O) groups is 2. The molecule has 4 heterocycles. The van der Waals surface area contributed by atoms with E-state index in [4.69, 9.17) is 5.73 Å². The van der Waals surface area contributed by atoms with Gasteiger partial charge in [-0.25, -0.2) is 4.68 Å². The van der Waals surface area contributed by atoms with Crippen LogP contribution < -0.4 is 10.6 Å². The number of amides is 2. The second-order valence-corrected chi connectivity index (χ2v) is 8.35. The van der Waals surface area contributed by atoms with Gasteiger partial charge >= 0.3 is 0 Å². The number of nitrogens with zero attached hydrogens (tertiary/aromatic N) is 6. The Balaban J connectivity index is 1.32. The van der Waals surface area contributed by atoms with Crippen molar-refractivity contribution in [3.8, 4) is 5.82 Å². The average molecular weight is 412 g/mol. The molecule has 9 heteroatoms. The molecule has 9 nitrogen and oxygen atoms in total. The van der Waals surface area contributed by atoms with Crippen LogP contribution in [-0.4, -0.2) is 62.9 Å². The Hall–Kier alpha value is -2.97. The van der Waals surface area contributed by atoms with Crippen molar-refractivity contribution in [1.29, 1.82) is 0 Å². The molecule has 2 fully saturated rings. The van der Waals surface area contributed by atoms with E-state index < -0.39 is 0 Å². The Labute approximate surface area is 176 Å². The molecule has 2 N–H and O–H groups in total. The molecule has 2 aromatic rings. The number of hydrogen-bond acceptors (Lipinski definition) is 6. The normalized spacial score (nSPS) is 18.6. The van der Waals surface area contributed by atoms with Crippen LogP contribution in [0.4, 0.5) is 5.82 Å². The number of aryl methyl sites for hydroxylation is 2. The van der Waals surface area contributed by atoms with Gasteiger partial charge in [0.15, 0.2) is 11.6 Å². The first kappa shape index (κ1) is 20.3. The van der Waals surface area contributed by atoms with E-state index in [0.717, 1.165) is 43.1 Å². The highest BCUT2D eigenvalue weighted by Gasteiger charge is 2.32. The van der Waals surface area contributed by atoms with Gasteiger partial charge in [-0.3, -0.25) is 9.59 Å². The Morgan fingerprint density at radius 2 is 1.53 bits per heavy atom. The number of anilines is 1. The monoisotopic (exact) mass is 411 g/mol. The molecule has 0 atom stereocenters. The lowest BCUT2D eigenvalue weighted by atomic mass is 9.92. The summed E-state index contributed by atoms with van der Waals surface area (Å²) >= 11 is 0. The minimum absolute atomic E-state index is 0.0355. The molecule has 0 aliphatic carbocycles. The average Bonchev–Trinajstić information content (AvgIpc) is 3.11. The maximum absolute atomic E-state index is 12.9. The van der Waals surface area contributed by atoms with Gasteiger partial charge in [0, 0.05) is 43.7 Å². The summed E-state index contributed by atoms with van der Waals surface area (Å²) in [5.74, 6) is 1.44. The zero-order chi connectivity index (χ0) is 21.3. The molecule has 0 radical (unpaired) electrons. The van der Waals surface area contributed by atoms with Crippen molar-refractivity contribution in [3.63, 3.8) is 0 Å². The summed E-state index contributed by atoms with van der Waals surface area (Å²) in [6, 6.07) is 5.91. The molecule has 2 amide bonds. The van der Waals surface area contributed by atoms with E-state index in [-0.39, 0.29) is 23.7 Å². The Morgan fingerprint density at radius 3 is 2.07 bits per heavy atom. The fraction of sp³-hybridized carbons (Fsp3) is 0.571. The first-order valence-corrected chi connectivity index (χ1v) is 10.6. The molecule has 2 aliphatic rings. The molecule has 160 valence electrons. The van der Waals surface area contributed by atoms with Crippen LogP contribution in [0.1, 0.15) is 37.1 Å². The van der Waals surface area contributed by atoms with Crippen LogP contribution >= 0.6 is 0 Å². The summed E-state index contributed by atoms with van der Waals surface area (Å²) < 4.78 is 1.79. The van der Waals surface area contributed by atoms with Gasteiger partial charge in [-0.15, -0.1) is 10.2 Å². The van der Waals surface area contributed by atoms with E-state index in [2.05, 4.69) is 20.2 Å². The number of rotatable bonds is 4. The highest BCUT2D eigenvalue weighted by molar-refractivity contribution is 5.80. The second kappa shape index (κ2) is 8.41. The fourth-order valence-electron chi connectivity index (χ4n) is 4.46.